The maximum atomic E-state index is 13.9. The van der Waals surface area contributed by atoms with Crippen LogP contribution in [0.2, 0.25) is 0 Å². The predicted octanol–water partition coefficient (Wildman–Crippen LogP) is 4.42. The van der Waals surface area contributed by atoms with Crippen LogP contribution in [0.5, 0.6) is 0 Å². The highest BCUT2D eigenvalue weighted by atomic mass is 19.1. The largest absolute Gasteiger partial charge is 0.452 e. The van der Waals surface area contributed by atoms with Crippen LogP contribution in [0.4, 0.5) is 4.39 Å². The molecular formula is C17H13FO2. The number of aryl methyl sites for hydroxylation is 2. The molecule has 2 aromatic carbocycles. The lowest BCUT2D eigenvalue weighted by Crippen LogP contribution is -2.03. The zero-order chi connectivity index (χ0) is 14.3. The first-order valence-corrected chi connectivity index (χ1v) is 6.36. The van der Waals surface area contributed by atoms with Gasteiger partial charge in [-0.1, -0.05) is 24.3 Å². The molecule has 0 bridgehead atoms. The molecular weight excluding hydrogens is 255 g/mol. The molecule has 2 nitrogen and oxygen atoms in total. The zero-order valence-electron chi connectivity index (χ0n) is 11.2. The first-order chi connectivity index (χ1) is 9.56. The van der Waals surface area contributed by atoms with Gasteiger partial charge in [0.15, 0.2) is 5.76 Å². The minimum Gasteiger partial charge on any atom is -0.452 e. The molecule has 0 saturated carbocycles. The van der Waals surface area contributed by atoms with Gasteiger partial charge in [-0.3, -0.25) is 4.79 Å². The van der Waals surface area contributed by atoms with Crippen LogP contribution >= 0.6 is 0 Å². The van der Waals surface area contributed by atoms with Crippen molar-refractivity contribution in [1.29, 1.82) is 0 Å². The van der Waals surface area contributed by atoms with Gasteiger partial charge in [0.1, 0.15) is 11.4 Å². The van der Waals surface area contributed by atoms with Crippen LogP contribution < -0.4 is 0 Å². The van der Waals surface area contributed by atoms with E-state index in [2.05, 4.69) is 0 Å². The molecule has 0 fully saturated rings. The summed E-state index contributed by atoms with van der Waals surface area (Å²) in [6.45, 7) is 3.69. The minimum absolute atomic E-state index is 0.0345. The molecule has 0 aliphatic carbocycles. The van der Waals surface area contributed by atoms with Crippen molar-refractivity contribution in [2.75, 3.05) is 0 Å². The Hall–Kier alpha value is -2.42. The third kappa shape index (κ3) is 2.01. The van der Waals surface area contributed by atoms with E-state index in [-0.39, 0.29) is 11.3 Å². The van der Waals surface area contributed by atoms with Crippen LogP contribution in [0.1, 0.15) is 27.2 Å². The molecule has 3 aromatic rings. The lowest BCUT2D eigenvalue weighted by atomic mass is 10.1. The van der Waals surface area contributed by atoms with E-state index in [1.54, 1.807) is 19.1 Å². The minimum atomic E-state index is -0.521. The van der Waals surface area contributed by atoms with Gasteiger partial charge in [0.2, 0.25) is 5.78 Å². The van der Waals surface area contributed by atoms with Crippen molar-refractivity contribution in [3.05, 3.63) is 70.7 Å². The van der Waals surface area contributed by atoms with E-state index >= 15 is 0 Å². The van der Waals surface area contributed by atoms with E-state index in [9.17, 15) is 9.18 Å². The number of fused-ring (bicyclic) bond motifs is 1. The molecule has 0 atom stereocenters. The summed E-state index contributed by atoms with van der Waals surface area (Å²) >= 11 is 0. The van der Waals surface area contributed by atoms with Crippen LogP contribution in [0.25, 0.3) is 11.0 Å². The smallest absolute Gasteiger partial charge is 0.231 e. The molecule has 0 aliphatic rings. The number of benzene rings is 2. The number of halogens is 1. The summed E-state index contributed by atoms with van der Waals surface area (Å²) < 4.78 is 19.4. The summed E-state index contributed by atoms with van der Waals surface area (Å²) in [6, 6.07) is 11.9. The number of hydrogen-bond acceptors (Lipinski definition) is 2. The van der Waals surface area contributed by atoms with Crippen molar-refractivity contribution in [3.63, 3.8) is 0 Å². The number of ketones is 1. The Bertz CT molecular complexity index is 815. The van der Waals surface area contributed by atoms with Crippen molar-refractivity contribution in [2.24, 2.45) is 0 Å². The standard InChI is InChI=1S/C17H13FO2/c1-10-6-7-13(14(18)8-10)16(19)15-9-12-5-3-4-11(2)17(12)20-15/h3-9H,1-2H3. The fraction of sp³-hybridized carbons (Fsp3) is 0.118. The van der Waals surface area contributed by atoms with E-state index in [1.807, 2.05) is 25.1 Å². The maximum absolute atomic E-state index is 13.9. The SMILES string of the molecule is Cc1ccc(C(=O)c2cc3cccc(C)c3o2)c(F)c1. The molecule has 0 aliphatic heterocycles. The molecule has 0 unspecified atom stereocenters. The van der Waals surface area contributed by atoms with Gasteiger partial charge in [0, 0.05) is 5.39 Å². The molecule has 1 aromatic heterocycles. The zero-order valence-corrected chi connectivity index (χ0v) is 11.2. The molecule has 100 valence electrons. The monoisotopic (exact) mass is 268 g/mol. The highest BCUT2D eigenvalue weighted by Gasteiger charge is 2.18. The third-order valence-electron chi connectivity index (χ3n) is 3.33. The Morgan fingerprint density at radius 1 is 1.10 bits per heavy atom. The van der Waals surface area contributed by atoms with E-state index in [4.69, 9.17) is 4.42 Å². The number of carbonyl (C=O) groups is 1. The third-order valence-corrected chi connectivity index (χ3v) is 3.33. The highest BCUT2D eigenvalue weighted by molar-refractivity contribution is 6.09. The van der Waals surface area contributed by atoms with E-state index in [1.165, 1.54) is 12.1 Å². The average Bonchev–Trinajstić information content (AvgIpc) is 2.83. The molecule has 20 heavy (non-hydrogen) atoms. The van der Waals surface area contributed by atoms with Gasteiger partial charge in [-0.25, -0.2) is 4.39 Å². The second-order valence-corrected chi connectivity index (χ2v) is 4.92. The van der Waals surface area contributed by atoms with Crippen LogP contribution in [0.15, 0.2) is 46.9 Å². The summed E-state index contributed by atoms with van der Waals surface area (Å²) in [4.78, 5) is 12.3. The molecule has 0 spiro atoms. The average molecular weight is 268 g/mol. The Morgan fingerprint density at radius 3 is 2.60 bits per heavy atom. The molecule has 0 N–H and O–H groups in total. The molecule has 0 amide bonds. The summed E-state index contributed by atoms with van der Waals surface area (Å²) in [7, 11) is 0. The van der Waals surface area contributed by atoms with Gasteiger partial charge in [-0.15, -0.1) is 0 Å². The summed E-state index contributed by atoms with van der Waals surface area (Å²) in [5, 5.41) is 0.848. The molecule has 3 rings (SSSR count). The Morgan fingerprint density at radius 2 is 1.90 bits per heavy atom. The van der Waals surface area contributed by atoms with Gasteiger partial charge in [0.25, 0.3) is 0 Å². The Kier molecular flexibility index (Phi) is 2.90. The maximum Gasteiger partial charge on any atom is 0.231 e. The summed E-state index contributed by atoms with van der Waals surface area (Å²) in [5.41, 5.74) is 2.43. The van der Waals surface area contributed by atoms with Crippen LogP contribution in [0, 0.1) is 19.7 Å². The second kappa shape index (κ2) is 4.60. The lowest BCUT2D eigenvalue weighted by molar-refractivity contribution is 0.101. The number of para-hydroxylation sites is 1. The van der Waals surface area contributed by atoms with Crippen LogP contribution in [0.3, 0.4) is 0 Å². The number of hydrogen-bond donors (Lipinski definition) is 0. The van der Waals surface area contributed by atoms with Crippen molar-refractivity contribution in [1.82, 2.24) is 0 Å². The quantitative estimate of drug-likeness (QED) is 0.644. The Balaban J connectivity index is 2.10. The first-order valence-electron chi connectivity index (χ1n) is 6.36. The Labute approximate surface area is 115 Å². The topological polar surface area (TPSA) is 30.2 Å². The van der Waals surface area contributed by atoms with Crippen molar-refractivity contribution in [2.45, 2.75) is 13.8 Å². The van der Waals surface area contributed by atoms with Crippen molar-refractivity contribution in [3.8, 4) is 0 Å². The normalized spacial score (nSPS) is 10.9. The number of carbonyl (C=O) groups excluding carboxylic acids is 1. The second-order valence-electron chi connectivity index (χ2n) is 4.92. The van der Waals surface area contributed by atoms with Gasteiger partial charge in [-0.05, 0) is 43.2 Å². The summed E-state index contributed by atoms with van der Waals surface area (Å²) in [6.07, 6.45) is 0. The number of furan rings is 1. The first kappa shape index (κ1) is 12.6. The van der Waals surface area contributed by atoms with Crippen LogP contribution in [-0.4, -0.2) is 5.78 Å². The molecule has 1 heterocycles. The van der Waals surface area contributed by atoms with E-state index in [0.717, 1.165) is 16.5 Å². The highest BCUT2D eigenvalue weighted by Crippen LogP contribution is 2.25. The fourth-order valence-corrected chi connectivity index (χ4v) is 2.26. The van der Waals surface area contributed by atoms with Gasteiger partial charge in [0.05, 0.1) is 5.56 Å². The van der Waals surface area contributed by atoms with Crippen molar-refractivity contribution < 1.29 is 13.6 Å². The molecule has 3 heteroatoms. The van der Waals surface area contributed by atoms with Gasteiger partial charge in [-0.2, -0.15) is 0 Å². The van der Waals surface area contributed by atoms with Crippen molar-refractivity contribution >= 4 is 16.8 Å². The van der Waals surface area contributed by atoms with E-state index < -0.39 is 11.6 Å². The van der Waals surface area contributed by atoms with Crippen LogP contribution in [-0.2, 0) is 0 Å². The van der Waals surface area contributed by atoms with Gasteiger partial charge < -0.3 is 4.42 Å². The number of rotatable bonds is 2. The van der Waals surface area contributed by atoms with Gasteiger partial charge >= 0.3 is 0 Å². The predicted molar refractivity (Wildman–Crippen MR) is 75.5 cm³/mol. The lowest BCUT2D eigenvalue weighted by Gasteiger charge is -2.01. The molecule has 0 radical (unpaired) electrons. The molecule has 0 saturated heterocycles. The summed E-state index contributed by atoms with van der Waals surface area (Å²) in [5.74, 6) is -0.790. The fourth-order valence-electron chi connectivity index (χ4n) is 2.26. The van der Waals surface area contributed by atoms with E-state index in [0.29, 0.717) is 5.58 Å².